The van der Waals surface area contributed by atoms with Gasteiger partial charge in [0.1, 0.15) is 11.5 Å². The van der Waals surface area contributed by atoms with Crippen LogP contribution >= 0.6 is 0 Å². The number of carbonyl (C=O) groups excluding carboxylic acids is 1. The summed E-state index contributed by atoms with van der Waals surface area (Å²) in [6, 6.07) is 12.7. The van der Waals surface area contributed by atoms with Crippen molar-refractivity contribution in [2.45, 2.75) is 43.9 Å². The van der Waals surface area contributed by atoms with Crippen LogP contribution in [0.1, 0.15) is 41.7 Å². The summed E-state index contributed by atoms with van der Waals surface area (Å²) in [7, 11) is 3.90. The van der Waals surface area contributed by atoms with Crippen molar-refractivity contribution in [2.75, 3.05) is 24.3 Å². The van der Waals surface area contributed by atoms with Crippen LogP contribution in [0.3, 0.4) is 0 Å². The topological polar surface area (TPSA) is 61.7 Å². The predicted molar refractivity (Wildman–Crippen MR) is 118 cm³/mol. The normalized spacial score (nSPS) is 19.0. The van der Waals surface area contributed by atoms with Crippen molar-refractivity contribution in [3.63, 3.8) is 0 Å². The second-order valence-corrected chi connectivity index (χ2v) is 8.37. The molecular formula is C23H26F3N5O. The first-order valence-corrected chi connectivity index (χ1v) is 10.6. The van der Waals surface area contributed by atoms with Gasteiger partial charge in [0.25, 0.3) is 5.91 Å². The zero-order chi connectivity index (χ0) is 22.9. The molecule has 170 valence electrons. The Balaban J connectivity index is 1.34. The largest absolute Gasteiger partial charge is 0.434 e. The number of halogens is 3. The Morgan fingerprint density at radius 3 is 2.31 bits per heavy atom. The number of aromatic nitrogens is 2. The molecule has 0 bridgehead atoms. The van der Waals surface area contributed by atoms with E-state index in [0.717, 1.165) is 37.6 Å². The van der Waals surface area contributed by atoms with Gasteiger partial charge in [-0.25, -0.2) is 4.98 Å². The molecule has 1 amide bonds. The number of imidazole rings is 1. The highest BCUT2D eigenvalue weighted by atomic mass is 19.4. The van der Waals surface area contributed by atoms with E-state index in [0.29, 0.717) is 11.4 Å². The van der Waals surface area contributed by atoms with E-state index < -0.39 is 11.9 Å². The molecule has 4 rings (SSSR count). The highest BCUT2D eigenvalue weighted by Crippen LogP contribution is 2.30. The summed E-state index contributed by atoms with van der Waals surface area (Å²) < 4.78 is 40.5. The van der Waals surface area contributed by atoms with Crippen LogP contribution in [0.15, 0.2) is 48.7 Å². The number of nitrogens with zero attached hydrogens (tertiary/aromatic N) is 3. The molecule has 0 aliphatic heterocycles. The number of hydrogen-bond acceptors (Lipinski definition) is 4. The van der Waals surface area contributed by atoms with Gasteiger partial charge in [-0.3, -0.25) is 9.20 Å². The fourth-order valence-corrected chi connectivity index (χ4v) is 4.04. The van der Waals surface area contributed by atoms with Crippen LogP contribution in [-0.4, -0.2) is 41.5 Å². The average Bonchev–Trinajstić information content (AvgIpc) is 3.21. The molecule has 0 radical (unpaired) electrons. The van der Waals surface area contributed by atoms with E-state index in [2.05, 4.69) is 15.6 Å². The van der Waals surface area contributed by atoms with Crippen LogP contribution in [0.4, 0.5) is 24.7 Å². The third-order valence-electron chi connectivity index (χ3n) is 5.84. The van der Waals surface area contributed by atoms with Crippen molar-refractivity contribution in [2.24, 2.45) is 0 Å². The van der Waals surface area contributed by atoms with Gasteiger partial charge in [-0.15, -0.1) is 0 Å². The first-order valence-electron chi connectivity index (χ1n) is 10.6. The first kappa shape index (κ1) is 22.0. The highest BCUT2D eigenvalue weighted by molar-refractivity contribution is 5.94. The molecule has 0 saturated heterocycles. The van der Waals surface area contributed by atoms with Crippen LogP contribution in [0.5, 0.6) is 0 Å². The van der Waals surface area contributed by atoms with E-state index in [1.165, 1.54) is 4.40 Å². The maximum absolute atomic E-state index is 13.0. The van der Waals surface area contributed by atoms with Gasteiger partial charge in [0.2, 0.25) is 0 Å². The minimum Gasteiger partial charge on any atom is -0.378 e. The number of rotatable bonds is 5. The summed E-state index contributed by atoms with van der Waals surface area (Å²) in [5.41, 5.74) is 1.01. The SMILES string of the molecule is CN(C)c1ccc(C(=O)NC2CCC(Nc3cccc4nc(C(F)(F)F)cn34)CC2)cc1. The van der Waals surface area contributed by atoms with E-state index in [1.807, 2.05) is 43.3 Å². The molecule has 1 aromatic carbocycles. The zero-order valence-corrected chi connectivity index (χ0v) is 18.0. The lowest BCUT2D eigenvalue weighted by molar-refractivity contribution is -0.140. The van der Waals surface area contributed by atoms with Gasteiger partial charge in [0.15, 0.2) is 5.69 Å². The van der Waals surface area contributed by atoms with Crippen LogP contribution in [-0.2, 0) is 6.18 Å². The van der Waals surface area contributed by atoms with E-state index in [4.69, 9.17) is 0 Å². The number of alkyl halides is 3. The molecule has 1 aliphatic carbocycles. The van der Waals surface area contributed by atoms with E-state index >= 15 is 0 Å². The van der Waals surface area contributed by atoms with E-state index in [-0.39, 0.29) is 23.6 Å². The lowest BCUT2D eigenvalue weighted by Gasteiger charge is -2.30. The summed E-state index contributed by atoms with van der Waals surface area (Å²) in [5, 5.41) is 6.45. The van der Waals surface area contributed by atoms with Crippen LogP contribution in [0.2, 0.25) is 0 Å². The number of carbonyl (C=O) groups is 1. The predicted octanol–water partition coefficient (Wildman–Crippen LogP) is 4.57. The molecule has 1 saturated carbocycles. The quantitative estimate of drug-likeness (QED) is 0.604. The molecule has 9 heteroatoms. The van der Waals surface area contributed by atoms with Crippen molar-refractivity contribution in [3.8, 4) is 0 Å². The Bertz CT molecular complexity index is 1080. The number of hydrogen-bond donors (Lipinski definition) is 2. The fraction of sp³-hybridized carbons (Fsp3) is 0.391. The molecule has 0 spiro atoms. The molecule has 1 fully saturated rings. The smallest absolute Gasteiger partial charge is 0.378 e. The van der Waals surface area contributed by atoms with Gasteiger partial charge in [-0.05, 0) is 62.1 Å². The van der Waals surface area contributed by atoms with Gasteiger partial charge in [-0.2, -0.15) is 13.2 Å². The number of benzene rings is 1. The van der Waals surface area contributed by atoms with Crippen molar-refractivity contribution >= 4 is 23.1 Å². The van der Waals surface area contributed by atoms with Crippen molar-refractivity contribution in [1.82, 2.24) is 14.7 Å². The number of fused-ring (bicyclic) bond motifs is 1. The molecule has 2 aromatic heterocycles. The number of amides is 1. The molecule has 0 unspecified atom stereocenters. The van der Waals surface area contributed by atoms with Crippen LogP contribution < -0.4 is 15.5 Å². The Kier molecular flexibility index (Phi) is 5.99. The fourth-order valence-electron chi connectivity index (χ4n) is 4.04. The minimum absolute atomic E-state index is 0.0787. The third kappa shape index (κ3) is 4.81. The molecule has 2 N–H and O–H groups in total. The van der Waals surface area contributed by atoms with Crippen molar-refractivity contribution < 1.29 is 18.0 Å². The number of anilines is 2. The third-order valence-corrected chi connectivity index (χ3v) is 5.84. The molecule has 3 aromatic rings. The molecule has 1 aliphatic rings. The molecule has 32 heavy (non-hydrogen) atoms. The maximum atomic E-state index is 13.0. The second-order valence-electron chi connectivity index (χ2n) is 8.37. The summed E-state index contributed by atoms with van der Waals surface area (Å²) in [5.74, 6) is 0.494. The lowest BCUT2D eigenvalue weighted by Crippen LogP contribution is -2.40. The van der Waals surface area contributed by atoms with Crippen molar-refractivity contribution in [1.29, 1.82) is 0 Å². The standard InChI is InChI=1S/C23H26F3N5O/c1-30(2)18-12-6-15(7-13-18)22(32)28-17-10-8-16(9-11-17)27-20-4-3-5-21-29-19(14-31(20)21)23(24,25)26/h3-7,12-14,16-17,27H,8-11H2,1-2H3,(H,28,32). The summed E-state index contributed by atoms with van der Waals surface area (Å²) in [6.45, 7) is 0. The molecule has 0 atom stereocenters. The van der Waals surface area contributed by atoms with E-state index in [1.54, 1.807) is 18.2 Å². The van der Waals surface area contributed by atoms with E-state index in [9.17, 15) is 18.0 Å². The maximum Gasteiger partial charge on any atom is 0.434 e. The Labute approximate surface area is 184 Å². The van der Waals surface area contributed by atoms with Gasteiger partial charge in [0.05, 0.1) is 0 Å². The lowest BCUT2D eigenvalue weighted by atomic mass is 9.91. The Morgan fingerprint density at radius 2 is 1.69 bits per heavy atom. The van der Waals surface area contributed by atoms with Crippen molar-refractivity contribution in [3.05, 3.63) is 59.9 Å². The summed E-state index contributed by atoms with van der Waals surface area (Å²) >= 11 is 0. The Morgan fingerprint density at radius 1 is 1.03 bits per heavy atom. The van der Waals surface area contributed by atoms with Crippen LogP contribution in [0, 0.1) is 0 Å². The zero-order valence-electron chi connectivity index (χ0n) is 18.0. The summed E-state index contributed by atoms with van der Waals surface area (Å²) in [6.07, 6.45) is -0.249. The first-order chi connectivity index (χ1) is 15.2. The molecule has 2 heterocycles. The van der Waals surface area contributed by atoms with Gasteiger partial charge in [-0.1, -0.05) is 6.07 Å². The molecule has 6 nitrogen and oxygen atoms in total. The van der Waals surface area contributed by atoms with Gasteiger partial charge >= 0.3 is 6.18 Å². The summed E-state index contributed by atoms with van der Waals surface area (Å²) in [4.78, 5) is 18.2. The Hall–Kier alpha value is -3.23. The second kappa shape index (κ2) is 8.72. The van der Waals surface area contributed by atoms with Gasteiger partial charge in [0, 0.05) is 43.6 Å². The minimum atomic E-state index is -4.48. The average molecular weight is 445 g/mol. The highest BCUT2D eigenvalue weighted by Gasteiger charge is 2.34. The van der Waals surface area contributed by atoms with Gasteiger partial charge < -0.3 is 15.5 Å². The van der Waals surface area contributed by atoms with Crippen LogP contribution in [0.25, 0.3) is 5.65 Å². The molecular weight excluding hydrogens is 419 g/mol. The monoisotopic (exact) mass is 445 g/mol. The number of pyridine rings is 1. The number of nitrogens with one attached hydrogen (secondary N) is 2.